The molecule has 0 saturated heterocycles. The molecule has 0 aliphatic heterocycles. The molecule has 0 unspecified atom stereocenters. The molecule has 1 aromatic carbocycles. The van der Waals surface area contributed by atoms with Gasteiger partial charge in [0.15, 0.2) is 0 Å². The highest BCUT2D eigenvalue weighted by molar-refractivity contribution is 5.37. The van der Waals surface area contributed by atoms with E-state index in [9.17, 15) is 0 Å². The monoisotopic (exact) mass is 258 g/mol. The minimum absolute atomic E-state index is 0.537. The molecule has 1 nitrogen and oxygen atoms in total. The highest BCUT2D eigenvalue weighted by atomic mass is 16.5. The van der Waals surface area contributed by atoms with Crippen LogP contribution in [0, 0.1) is 17.3 Å². The summed E-state index contributed by atoms with van der Waals surface area (Å²) in [5.74, 6) is 2.81. The lowest BCUT2D eigenvalue weighted by atomic mass is 9.62. The van der Waals surface area contributed by atoms with Gasteiger partial charge in [0.2, 0.25) is 0 Å². The van der Waals surface area contributed by atoms with Crippen molar-refractivity contribution in [2.45, 2.75) is 52.4 Å². The summed E-state index contributed by atoms with van der Waals surface area (Å²) in [7, 11) is 1.77. The molecule has 0 heterocycles. The Hall–Kier alpha value is -0.980. The first kappa shape index (κ1) is 13.0. The third-order valence-electron chi connectivity index (χ3n) is 5.59. The van der Waals surface area contributed by atoms with E-state index in [1.54, 1.807) is 18.2 Å². The summed E-state index contributed by atoms with van der Waals surface area (Å²) < 4.78 is 5.40. The van der Waals surface area contributed by atoms with Gasteiger partial charge in [-0.3, -0.25) is 0 Å². The molecule has 3 rings (SSSR count). The Labute approximate surface area is 117 Å². The van der Waals surface area contributed by atoms with Crippen molar-refractivity contribution in [3.63, 3.8) is 0 Å². The second kappa shape index (κ2) is 4.85. The fourth-order valence-electron chi connectivity index (χ4n) is 4.47. The Kier molecular flexibility index (Phi) is 3.32. The minimum Gasteiger partial charge on any atom is -0.497 e. The third-order valence-corrected chi connectivity index (χ3v) is 5.59. The quantitative estimate of drug-likeness (QED) is 0.714. The van der Waals surface area contributed by atoms with Crippen molar-refractivity contribution < 1.29 is 4.74 Å². The van der Waals surface area contributed by atoms with Crippen LogP contribution in [0.25, 0.3) is 0 Å². The Bertz CT molecular complexity index is 461. The SMILES string of the molecule is COc1ccc2c(c1)C[C@H]1CCCC(C)(C)[C@@H]1CC2. The molecule has 0 N–H and O–H groups in total. The van der Waals surface area contributed by atoms with E-state index in [1.165, 1.54) is 38.5 Å². The van der Waals surface area contributed by atoms with Gasteiger partial charge in [-0.15, -0.1) is 0 Å². The summed E-state index contributed by atoms with van der Waals surface area (Å²) in [5.41, 5.74) is 3.64. The van der Waals surface area contributed by atoms with E-state index in [0.29, 0.717) is 5.41 Å². The molecule has 1 saturated carbocycles. The fraction of sp³-hybridized carbons (Fsp3) is 0.667. The Morgan fingerprint density at radius 2 is 2.00 bits per heavy atom. The number of hydrogen-bond donors (Lipinski definition) is 0. The number of ether oxygens (including phenoxy) is 1. The molecule has 2 aliphatic carbocycles. The summed E-state index contributed by atoms with van der Waals surface area (Å²) in [5, 5.41) is 0. The van der Waals surface area contributed by atoms with Gasteiger partial charge in [-0.25, -0.2) is 0 Å². The van der Waals surface area contributed by atoms with Gasteiger partial charge in [0.05, 0.1) is 7.11 Å². The molecule has 0 aromatic heterocycles. The largest absolute Gasteiger partial charge is 0.497 e. The topological polar surface area (TPSA) is 9.23 Å². The minimum atomic E-state index is 0.537. The zero-order valence-electron chi connectivity index (χ0n) is 12.5. The third kappa shape index (κ3) is 2.40. The summed E-state index contributed by atoms with van der Waals surface area (Å²) in [6.07, 6.45) is 8.13. The Balaban J connectivity index is 1.91. The molecular formula is C18H26O. The fourth-order valence-corrected chi connectivity index (χ4v) is 4.47. The first-order valence-electron chi connectivity index (χ1n) is 7.76. The maximum atomic E-state index is 5.40. The maximum Gasteiger partial charge on any atom is 0.119 e. The molecular weight excluding hydrogens is 232 g/mol. The number of methoxy groups -OCH3 is 1. The van der Waals surface area contributed by atoms with E-state index in [-0.39, 0.29) is 0 Å². The second-order valence-corrected chi connectivity index (χ2v) is 7.12. The van der Waals surface area contributed by atoms with E-state index < -0.39 is 0 Å². The zero-order valence-corrected chi connectivity index (χ0v) is 12.5. The van der Waals surface area contributed by atoms with Gasteiger partial charge >= 0.3 is 0 Å². The molecule has 2 aliphatic rings. The van der Waals surface area contributed by atoms with Gasteiger partial charge in [-0.1, -0.05) is 26.3 Å². The van der Waals surface area contributed by atoms with Crippen molar-refractivity contribution in [1.29, 1.82) is 0 Å². The van der Waals surface area contributed by atoms with Gasteiger partial charge in [0.25, 0.3) is 0 Å². The van der Waals surface area contributed by atoms with Crippen molar-refractivity contribution in [2.75, 3.05) is 7.11 Å². The summed E-state index contributed by atoms with van der Waals surface area (Å²) in [6, 6.07) is 6.69. The van der Waals surface area contributed by atoms with Crippen molar-refractivity contribution in [3.05, 3.63) is 29.3 Å². The zero-order chi connectivity index (χ0) is 13.5. The van der Waals surface area contributed by atoms with Gasteiger partial charge in [0, 0.05) is 0 Å². The van der Waals surface area contributed by atoms with Crippen LogP contribution >= 0.6 is 0 Å². The van der Waals surface area contributed by atoms with Crippen molar-refractivity contribution >= 4 is 0 Å². The van der Waals surface area contributed by atoms with Crippen LogP contribution in [-0.2, 0) is 12.8 Å². The highest BCUT2D eigenvalue weighted by Gasteiger charge is 2.39. The molecule has 0 amide bonds. The Morgan fingerprint density at radius 1 is 1.16 bits per heavy atom. The van der Waals surface area contributed by atoms with Crippen molar-refractivity contribution in [2.24, 2.45) is 17.3 Å². The number of fused-ring (bicyclic) bond motifs is 2. The van der Waals surface area contributed by atoms with E-state index in [4.69, 9.17) is 4.74 Å². The number of benzene rings is 1. The normalized spacial score (nSPS) is 29.0. The lowest BCUT2D eigenvalue weighted by Gasteiger charge is -2.43. The van der Waals surface area contributed by atoms with Gasteiger partial charge in [-0.05, 0) is 72.6 Å². The van der Waals surface area contributed by atoms with Crippen molar-refractivity contribution in [1.82, 2.24) is 0 Å². The van der Waals surface area contributed by atoms with Crippen LogP contribution < -0.4 is 4.74 Å². The molecule has 0 spiro atoms. The predicted molar refractivity (Wildman–Crippen MR) is 79.6 cm³/mol. The molecule has 2 atom stereocenters. The van der Waals surface area contributed by atoms with E-state index in [1.807, 2.05) is 0 Å². The van der Waals surface area contributed by atoms with Crippen LogP contribution in [0.3, 0.4) is 0 Å². The van der Waals surface area contributed by atoms with E-state index in [2.05, 4.69) is 32.0 Å². The average Bonchev–Trinajstić information content (AvgIpc) is 2.57. The molecule has 104 valence electrons. The molecule has 1 heteroatoms. The lowest BCUT2D eigenvalue weighted by Crippen LogP contribution is -2.35. The van der Waals surface area contributed by atoms with Crippen molar-refractivity contribution in [3.8, 4) is 5.75 Å². The second-order valence-electron chi connectivity index (χ2n) is 7.12. The molecule has 0 radical (unpaired) electrons. The summed E-state index contributed by atoms with van der Waals surface area (Å²) >= 11 is 0. The average molecular weight is 258 g/mol. The van der Waals surface area contributed by atoms with Crippen LogP contribution in [0.15, 0.2) is 18.2 Å². The van der Waals surface area contributed by atoms with E-state index >= 15 is 0 Å². The predicted octanol–water partition coefficient (Wildman–Crippen LogP) is 4.63. The number of aryl methyl sites for hydroxylation is 1. The van der Waals surface area contributed by atoms with Crippen LogP contribution in [0.5, 0.6) is 5.75 Å². The van der Waals surface area contributed by atoms with Gasteiger partial charge < -0.3 is 4.74 Å². The van der Waals surface area contributed by atoms with Crippen LogP contribution in [0.2, 0.25) is 0 Å². The number of rotatable bonds is 1. The first-order valence-corrected chi connectivity index (χ1v) is 7.76. The summed E-state index contributed by atoms with van der Waals surface area (Å²) in [4.78, 5) is 0. The van der Waals surface area contributed by atoms with Crippen LogP contribution in [-0.4, -0.2) is 7.11 Å². The maximum absolute atomic E-state index is 5.40. The van der Waals surface area contributed by atoms with Gasteiger partial charge in [-0.2, -0.15) is 0 Å². The lowest BCUT2D eigenvalue weighted by molar-refractivity contribution is 0.0705. The number of hydrogen-bond acceptors (Lipinski definition) is 1. The van der Waals surface area contributed by atoms with Crippen LogP contribution in [0.1, 0.15) is 50.7 Å². The van der Waals surface area contributed by atoms with Crippen LogP contribution in [0.4, 0.5) is 0 Å². The molecule has 19 heavy (non-hydrogen) atoms. The molecule has 1 fully saturated rings. The van der Waals surface area contributed by atoms with E-state index in [0.717, 1.165) is 17.6 Å². The highest BCUT2D eigenvalue weighted by Crippen LogP contribution is 2.49. The smallest absolute Gasteiger partial charge is 0.119 e. The van der Waals surface area contributed by atoms with Gasteiger partial charge in [0.1, 0.15) is 5.75 Å². The molecule has 1 aromatic rings. The standard InChI is InChI=1S/C18H26O/c1-18(2)10-4-5-14-11-15-12-16(19-3)8-6-13(15)7-9-17(14)18/h6,8,12,14,17H,4-5,7,9-11H2,1-3H3/t14-,17-/m1/s1. The summed E-state index contributed by atoms with van der Waals surface area (Å²) in [6.45, 7) is 4.97. The Morgan fingerprint density at radius 3 is 2.79 bits per heavy atom. The first-order chi connectivity index (χ1) is 9.10. The molecule has 0 bridgehead atoms.